The van der Waals surface area contributed by atoms with Crippen molar-refractivity contribution in [3.05, 3.63) is 89.0 Å². The predicted molar refractivity (Wildman–Crippen MR) is 107 cm³/mol. The van der Waals surface area contributed by atoms with E-state index in [1.807, 2.05) is 0 Å². The summed E-state index contributed by atoms with van der Waals surface area (Å²) >= 11 is 0. The number of carbonyl (C=O) groups excluding carboxylic acids is 1. The first-order chi connectivity index (χ1) is 13.7. The quantitative estimate of drug-likeness (QED) is 0.637. The van der Waals surface area contributed by atoms with Crippen molar-refractivity contribution in [2.75, 3.05) is 10.0 Å². The SMILES string of the molecule is Cc1ccc(NC(=O)c2cc(S(=O)(=O)Nc3ccccc3F)ccc2C)cc1F. The summed E-state index contributed by atoms with van der Waals surface area (Å²) in [6.07, 6.45) is 0. The molecular weight excluding hydrogens is 398 g/mol. The molecule has 0 radical (unpaired) electrons. The van der Waals surface area contributed by atoms with Crippen LogP contribution in [0.25, 0.3) is 0 Å². The van der Waals surface area contributed by atoms with Crippen LogP contribution in [0, 0.1) is 25.5 Å². The normalized spacial score (nSPS) is 11.2. The van der Waals surface area contributed by atoms with Crippen LogP contribution in [0.1, 0.15) is 21.5 Å². The lowest BCUT2D eigenvalue weighted by molar-refractivity contribution is 0.102. The highest BCUT2D eigenvalue weighted by Crippen LogP contribution is 2.22. The maximum Gasteiger partial charge on any atom is 0.262 e. The summed E-state index contributed by atoms with van der Waals surface area (Å²) < 4.78 is 54.9. The fourth-order valence-corrected chi connectivity index (χ4v) is 3.72. The Hall–Kier alpha value is -3.26. The highest BCUT2D eigenvalue weighted by atomic mass is 32.2. The van der Waals surface area contributed by atoms with E-state index in [2.05, 4.69) is 10.0 Å². The Labute approximate surface area is 167 Å². The lowest BCUT2D eigenvalue weighted by Gasteiger charge is -2.12. The number of hydrogen-bond acceptors (Lipinski definition) is 3. The molecule has 3 aromatic rings. The van der Waals surface area contributed by atoms with E-state index in [-0.39, 0.29) is 21.8 Å². The second kappa shape index (κ2) is 8.00. The van der Waals surface area contributed by atoms with Crippen molar-refractivity contribution in [3.63, 3.8) is 0 Å². The second-order valence-corrected chi connectivity index (χ2v) is 8.16. The number of hydrogen-bond donors (Lipinski definition) is 2. The van der Waals surface area contributed by atoms with Crippen molar-refractivity contribution in [3.8, 4) is 0 Å². The third-order valence-electron chi connectivity index (χ3n) is 4.31. The number of aryl methyl sites for hydroxylation is 2. The molecule has 3 rings (SSSR count). The Morgan fingerprint density at radius 2 is 1.55 bits per heavy atom. The Kier molecular flexibility index (Phi) is 5.65. The van der Waals surface area contributed by atoms with Crippen LogP contribution in [0.3, 0.4) is 0 Å². The molecule has 1 amide bonds. The van der Waals surface area contributed by atoms with Gasteiger partial charge in [0.1, 0.15) is 11.6 Å². The molecule has 0 aromatic heterocycles. The van der Waals surface area contributed by atoms with Crippen LogP contribution in [-0.2, 0) is 10.0 Å². The summed E-state index contributed by atoms with van der Waals surface area (Å²) in [6.45, 7) is 3.24. The van der Waals surface area contributed by atoms with Gasteiger partial charge >= 0.3 is 0 Å². The van der Waals surface area contributed by atoms with E-state index in [0.717, 1.165) is 6.07 Å². The van der Waals surface area contributed by atoms with Crippen molar-refractivity contribution in [1.82, 2.24) is 0 Å². The van der Waals surface area contributed by atoms with E-state index >= 15 is 0 Å². The number of nitrogens with one attached hydrogen (secondary N) is 2. The Balaban J connectivity index is 1.89. The van der Waals surface area contributed by atoms with Crippen LogP contribution in [0.5, 0.6) is 0 Å². The molecule has 0 saturated heterocycles. The summed E-state index contributed by atoms with van der Waals surface area (Å²) in [7, 11) is -4.12. The van der Waals surface area contributed by atoms with Crippen molar-refractivity contribution in [1.29, 1.82) is 0 Å². The zero-order valence-corrected chi connectivity index (χ0v) is 16.5. The monoisotopic (exact) mass is 416 g/mol. The summed E-state index contributed by atoms with van der Waals surface area (Å²) in [4.78, 5) is 12.4. The van der Waals surface area contributed by atoms with Crippen LogP contribution < -0.4 is 10.0 Å². The van der Waals surface area contributed by atoms with E-state index < -0.39 is 27.6 Å². The molecule has 0 spiro atoms. The Morgan fingerprint density at radius 1 is 0.862 bits per heavy atom. The number of para-hydroxylation sites is 1. The van der Waals surface area contributed by atoms with E-state index in [0.29, 0.717) is 11.1 Å². The number of benzene rings is 3. The smallest absolute Gasteiger partial charge is 0.262 e. The van der Waals surface area contributed by atoms with Gasteiger partial charge in [-0.25, -0.2) is 17.2 Å². The van der Waals surface area contributed by atoms with Crippen LogP contribution in [0.4, 0.5) is 20.2 Å². The fraction of sp³-hybridized carbons (Fsp3) is 0.0952. The molecule has 5 nitrogen and oxygen atoms in total. The molecular formula is C21H18F2N2O3S. The van der Waals surface area contributed by atoms with Crippen LogP contribution in [0.2, 0.25) is 0 Å². The van der Waals surface area contributed by atoms with Crippen LogP contribution in [0.15, 0.2) is 65.6 Å². The lowest BCUT2D eigenvalue weighted by Crippen LogP contribution is -2.17. The Bertz CT molecular complexity index is 1190. The maximum absolute atomic E-state index is 13.8. The van der Waals surface area contributed by atoms with Gasteiger partial charge in [-0.3, -0.25) is 9.52 Å². The first kappa shape index (κ1) is 20.5. The number of carbonyl (C=O) groups is 1. The molecule has 0 bridgehead atoms. The van der Waals surface area contributed by atoms with Crippen LogP contribution >= 0.6 is 0 Å². The summed E-state index contributed by atoms with van der Waals surface area (Å²) in [5, 5.41) is 2.55. The largest absolute Gasteiger partial charge is 0.322 e. The number of amides is 1. The van der Waals surface area contributed by atoms with Gasteiger partial charge in [-0.1, -0.05) is 24.3 Å². The number of rotatable bonds is 5. The summed E-state index contributed by atoms with van der Waals surface area (Å²) in [5.74, 6) is -1.78. The number of halogens is 2. The number of sulfonamides is 1. The second-order valence-electron chi connectivity index (χ2n) is 6.48. The van der Waals surface area contributed by atoms with E-state index in [9.17, 15) is 22.0 Å². The Morgan fingerprint density at radius 3 is 2.24 bits per heavy atom. The first-order valence-electron chi connectivity index (χ1n) is 8.63. The molecule has 0 saturated carbocycles. The molecule has 0 atom stereocenters. The van der Waals surface area contributed by atoms with Gasteiger partial charge in [0.2, 0.25) is 0 Å². The fourth-order valence-electron chi connectivity index (χ4n) is 2.63. The molecule has 8 heteroatoms. The third kappa shape index (κ3) is 4.60. The topological polar surface area (TPSA) is 75.3 Å². The minimum Gasteiger partial charge on any atom is -0.322 e. The summed E-state index contributed by atoms with van der Waals surface area (Å²) in [6, 6.07) is 13.6. The molecule has 0 aliphatic carbocycles. The molecule has 0 fully saturated rings. The summed E-state index contributed by atoms with van der Waals surface area (Å²) in [5.41, 5.74) is 1.11. The standard InChI is InChI=1S/C21H18F2N2O3S/c1-13-8-10-16(29(27,28)25-20-6-4-3-5-18(20)22)12-17(13)21(26)24-15-9-7-14(2)19(23)11-15/h3-12,25H,1-2H3,(H,24,26). The van der Waals surface area contributed by atoms with Gasteiger partial charge < -0.3 is 5.32 Å². The third-order valence-corrected chi connectivity index (χ3v) is 5.68. The maximum atomic E-state index is 13.8. The highest BCUT2D eigenvalue weighted by molar-refractivity contribution is 7.92. The van der Waals surface area contributed by atoms with E-state index in [4.69, 9.17) is 0 Å². The number of anilines is 2. The average Bonchev–Trinajstić information content (AvgIpc) is 2.66. The molecule has 0 aliphatic rings. The highest BCUT2D eigenvalue weighted by Gasteiger charge is 2.19. The van der Waals surface area contributed by atoms with Crippen molar-refractivity contribution < 1.29 is 22.0 Å². The molecule has 29 heavy (non-hydrogen) atoms. The van der Waals surface area contributed by atoms with Crippen molar-refractivity contribution in [2.45, 2.75) is 18.7 Å². The molecule has 2 N–H and O–H groups in total. The van der Waals surface area contributed by atoms with Gasteiger partial charge in [0.15, 0.2) is 0 Å². The predicted octanol–water partition coefficient (Wildman–Crippen LogP) is 4.63. The molecule has 150 valence electrons. The zero-order chi connectivity index (χ0) is 21.2. The molecule has 0 heterocycles. The average molecular weight is 416 g/mol. The zero-order valence-electron chi connectivity index (χ0n) is 15.7. The molecule has 0 unspecified atom stereocenters. The van der Waals surface area contributed by atoms with Gasteiger partial charge in [-0.15, -0.1) is 0 Å². The minimum absolute atomic E-state index is 0.0994. The minimum atomic E-state index is -4.12. The van der Waals surface area contributed by atoms with Gasteiger partial charge in [-0.05, 0) is 61.4 Å². The van der Waals surface area contributed by atoms with Gasteiger partial charge in [0.25, 0.3) is 15.9 Å². The van der Waals surface area contributed by atoms with Crippen LogP contribution in [-0.4, -0.2) is 14.3 Å². The lowest BCUT2D eigenvalue weighted by atomic mass is 10.1. The van der Waals surface area contributed by atoms with E-state index in [1.165, 1.54) is 48.5 Å². The van der Waals surface area contributed by atoms with Crippen molar-refractivity contribution in [2.24, 2.45) is 0 Å². The first-order valence-corrected chi connectivity index (χ1v) is 10.1. The van der Waals surface area contributed by atoms with Crippen molar-refractivity contribution >= 4 is 27.3 Å². The van der Waals surface area contributed by atoms with Gasteiger partial charge in [-0.2, -0.15) is 0 Å². The van der Waals surface area contributed by atoms with E-state index in [1.54, 1.807) is 19.9 Å². The molecule has 3 aromatic carbocycles. The van der Waals surface area contributed by atoms with Gasteiger partial charge in [0.05, 0.1) is 10.6 Å². The van der Waals surface area contributed by atoms with Gasteiger partial charge in [0, 0.05) is 11.3 Å². The molecule has 0 aliphatic heterocycles.